The van der Waals surface area contributed by atoms with Crippen molar-refractivity contribution in [2.45, 2.75) is 38.0 Å². The molecule has 2 aliphatic heterocycles. The average Bonchev–Trinajstić information content (AvgIpc) is 3.09. The lowest BCUT2D eigenvalue weighted by Crippen LogP contribution is -2.39. The minimum atomic E-state index is 0.0434. The number of fused-ring (bicyclic) bond motifs is 2. The number of hydrogen-bond donors (Lipinski definition) is 1. The molecule has 1 aromatic carbocycles. The zero-order valence-electron chi connectivity index (χ0n) is 16.2. The molecule has 0 bridgehead atoms. The molecule has 1 N–H and O–H groups in total. The fourth-order valence-electron chi connectivity index (χ4n) is 4.40. The van der Waals surface area contributed by atoms with E-state index in [2.05, 4.69) is 15.5 Å². The maximum absolute atomic E-state index is 13.2. The topological polar surface area (TPSA) is 79.6 Å². The van der Waals surface area contributed by atoms with E-state index >= 15 is 0 Å². The molecular formula is C22H23N5O2. The third-order valence-corrected chi connectivity index (χ3v) is 5.89. The quantitative estimate of drug-likeness (QED) is 0.731. The predicted octanol–water partition coefficient (Wildman–Crippen LogP) is 3.02. The van der Waals surface area contributed by atoms with Gasteiger partial charge in [0.2, 0.25) is 5.91 Å². The van der Waals surface area contributed by atoms with Gasteiger partial charge in [0.15, 0.2) is 5.65 Å². The molecule has 4 heterocycles. The maximum atomic E-state index is 13.2. The summed E-state index contributed by atoms with van der Waals surface area (Å²) in [6.07, 6.45) is 6.06. The number of amides is 2. The Bertz CT molecular complexity index is 1090. The van der Waals surface area contributed by atoms with Gasteiger partial charge in [-0.1, -0.05) is 6.07 Å². The second-order valence-corrected chi connectivity index (χ2v) is 7.85. The van der Waals surface area contributed by atoms with Crippen molar-refractivity contribution >= 4 is 23.1 Å². The van der Waals surface area contributed by atoms with Gasteiger partial charge in [0.25, 0.3) is 5.91 Å². The number of pyridine rings is 1. The summed E-state index contributed by atoms with van der Waals surface area (Å²) in [5, 5.41) is 11.6. The lowest BCUT2D eigenvalue weighted by molar-refractivity contribution is -0.116. The molecule has 2 aliphatic rings. The zero-order valence-corrected chi connectivity index (χ0v) is 16.2. The molecule has 1 atom stereocenters. The molecule has 7 nitrogen and oxygen atoms in total. The Morgan fingerprint density at radius 3 is 2.97 bits per heavy atom. The second-order valence-electron chi connectivity index (χ2n) is 7.85. The van der Waals surface area contributed by atoms with Crippen LogP contribution in [0.3, 0.4) is 0 Å². The largest absolute Gasteiger partial charge is 0.338 e. The van der Waals surface area contributed by atoms with Crippen LogP contribution in [0.5, 0.6) is 0 Å². The highest BCUT2D eigenvalue weighted by Crippen LogP contribution is 2.28. The number of aromatic nitrogens is 3. The Morgan fingerprint density at radius 1 is 1.10 bits per heavy atom. The van der Waals surface area contributed by atoms with Gasteiger partial charge in [-0.15, -0.1) is 10.2 Å². The van der Waals surface area contributed by atoms with Crippen LogP contribution in [0.15, 0.2) is 42.6 Å². The van der Waals surface area contributed by atoms with E-state index in [1.54, 1.807) is 0 Å². The van der Waals surface area contributed by atoms with Crippen molar-refractivity contribution in [2.24, 2.45) is 0 Å². The van der Waals surface area contributed by atoms with E-state index in [0.29, 0.717) is 18.5 Å². The number of likely N-dealkylation sites (tertiary alicyclic amines) is 1. The SMILES string of the molecule is O=C1CCCc2cc(C(=O)N3CCC[C@@H](c4nnc5ccccn45)C3)ccc2N1. The van der Waals surface area contributed by atoms with Crippen molar-refractivity contribution < 1.29 is 9.59 Å². The van der Waals surface area contributed by atoms with Gasteiger partial charge < -0.3 is 10.2 Å². The number of aryl methyl sites for hydroxylation is 1. The smallest absolute Gasteiger partial charge is 0.253 e. The fraction of sp³-hybridized carbons (Fsp3) is 0.364. The van der Waals surface area contributed by atoms with E-state index in [1.165, 1.54) is 0 Å². The van der Waals surface area contributed by atoms with Crippen LogP contribution in [0.4, 0.5) is 5.69 Å². The summed E-state index contributed by atoms with van der Waals surface area (Å²) < 4.78 is 2.02. The number of benzene rings is 1. The Morgan fingerprint density at radius 2 is 2.03 bits per heavy atom. The van der Waals surface area contributed by atoms with Crippen molar-refractivity contribution in [3.63, 3.8) is 0 Å². The molecule has 0 unspecified atom stereocenters. The number of carbonyl (C=O) groups excluding carboxylic acids is 2. The molecule has 0 spiro atoms. The predicted molar refractivity (Wildman–Crippen MR) is 109 cm³/mol. The van der Waals surface area contributed by atoms with Gasteiger partial charge in [-0.3, -0.25) is 14.0 Å². The molecule has 1 fully saturated rings. The molecule has 148 valence electrons. The summed E-state index contributed by atoms with van der Waals surface area (Å²) in [6, 6.07) is 11.5. The van der Waals surface area contributed by atoms with Crippen LogP contribution in [0.1, 0.15) is 53.3 Å². The Balaban J connectivity index is 1.37. The van der Waals surface area contributed by atoms with Crippen LogP contribution < -0.4 is 5.32 Å². The van der Waals surface area contributed by atoms with Crippen LogP contribution in [0.25, 0.3) is 5.65 Å². The highest BCUT2D eigenvalue weighted by atomic mass is 16.2. The molecule has 29 heavy (non-hydrogen) atoms. The van der Waals surface area contributed by atoms with E-state index in [4.69, 9.17) is 0 Å². The Labute approximate surface area is 168 Å². The number of piperidine rings is 1. The standard InChI is InChI=1S/C22H23N5O2/c28-20-8-3-5-15-13-16(9-10-18(15)23-20)22(29)26-11-4-6-17(14-26)21-25-24-19-7-1-2-12-27(19)21/h1-2,7,9-10,12-13,17H,3-6,8,11,14H2,(H,23,28)/t17-/m1/s1. The third kappa shape index (κ3) is 3.37. The van der Waals surface area contributed by atoms with Crippen molar-refractivity contribution in [3.8, 4) is 0 Å². The summed E-state index contributed by atoms with van der Waals surface area (Å²) in [5.41, 5.74) is 3.39. The van der Waals surface area contributed by atoms with Gasteiger partial charge in [-0.2, -0.15) is 0 Å². The van der Waals surface area contributed by atoms with Crippen LogP contribution in [-0.2, 0) is 11.2 Å². The molecule has 0 aliphatic carbocycles. The molecule has 2 aromatic heterocycles. The van der Waals surface area contributed by atoms with E-state index in [0.717, 1.165) is 55.0 Å². The summed E-state index contributed by atoms with van der Waals surface area (Å²) in [5.74, 6) is 1.18. The number of nitrogens with zero attached hydrogens (tertiary/aromatic N) is 4. The normalized spacial score (nSPS) is 19.5. The summed E-state index contributed by atoms with van der Waals surface area (Å²) >= 11 is 0. The minimum absolute atomic E-state index is 0.0434. The molecule has 3 aromatic rings. The van der Waals surface area contributed by atoms with Gasteiger partial charge in [0.1, 0.15) is 5.82 Å². The highest BCUT2D eigenvalue weighted by molar-refractivity contribution is 5.97. The monoisotopic (exact) mass is 389 g/mol. The van der Waals surface area contributed by atoms with E-state index in [1.807, 2.05) is 51.9 Å². The van der Waals surface area contributed by atoms with E-state index in [9.17, 15) is 9.59 Å². The van der Waals surface area contributed by atoms with Crippen LogP contribution >= 0.6 is 0 Å². The Kier molecular flexibility index (Phi) is 4.50. The van der Waals surface area contributed by atoms with Crippen molar-refractivity contribution in [1.29, 1.82) is 0 Å². The molecular weight excluding hydrogens is 366 g/mol. The molecule has 0 radical (unpaired) electrons. The van der Waals surface area contributed by atoms with Crippen molar-refractivity contribution in [3.05, 3.63) is 59.5 Å². The van der Waals surface area contributed by atoms with E-state index in [-0.39, 0.29) is 17.7 Å². The highest BCUT2D eigenvalue weighted by Gasteiger charge is 2.29. The number of anilines is 1. The lowest BCUT2D eigenvalue weighted by Gasteiger charge is -2.32. The Hall–Kier alpha value is -3.22. The number of carbonyl (C=O) groups is 2. The first-order chi connectivity index (χ1) is 14.2. The number of hydrogen-bond acceptors (Lipinski definition) is 4. The summed E-state index contributed by atoms with van der Waals surface area (Å²) in [7, 11) is 0. The molecule has 1 saturated heterocycles. The first-order valence-corrected chi connectivity index (χ1v) is 10.2. The molecule has 7 heteroatoms. The summed E-state index contributed by atoms with van der Waals surface area (Å²) in [4.78, 5) is 26.9. The van der Waals surface area contributed by atoms with Crippen LogP contribution in [0.2, 0.25) is 0 Å². The van der Waals surface area contributed by atoms with Crippen LogP contribution in [0, 0.1) is 0 Å². The minimum Gasteiger partial charge on any atom is -0.338 e. The van der Waals surface area contributed by atoms with Gasteiger partial charge >= 0.3 is 0 Å². The van der Waals surface area contributed by atoms with Crippen molar-refractivity contribution in [1.82, 2.24) is 19.5 Å². The first kappa shape index (κ1) is 17.8. The molecule has 0 saturated carbocycles. The van der Waals surface area contributed by atoms with Gasteiger partial charge in [-0.05, 0) is 61.6 Å². The van der Waals surface area contributed by atoms with Gasteiger partial charge in [0.05, 0.1) is 0 Å². The fourth-order valence-corrected chi connectivity index (χ4v) is 4.40. The van der Waals surface area contributed by atoms with Crippen LogP contribution in [-0.4, -0.2) is 44.4 Å². The zero-order chi connectivity index (χ0) is 19.8. The third-order valence-electron chi connectivity index (χ3n) is 5.89. The first-order valence-electron chi connectivity index (χ1n) is 10.2. The van der Waals surface area contributed by atoms with Gasteiger partial charge in [-0.25, -0.2) is 0 Å². The number of nitrogens with one attached hydrogen (secondary N) is 1. The van der Waals surface area contributed by atoms with E-state index < -0.39 is 0 Å². The molecule has 5 rings (SSSR count). The second kappa shape index (κ2) is 7.31. The number of rotatable bonds is 2. The average molecular weight is 389 g/mol. The maximum Gasteiger partial charge on any atom is 0.253 e. The molecule has 2 amide bonds. The summed E-state index contributed by atoms with van der Waals surface area (Å²) in [6.45, 7) is 1.39. The van der Waals surface area contributed by atoms with Gasteiger partial charge in [0, 0.05) is 42.9 Å². The van der Waals surface area contributed by atoms with Crippen molar-refractivity contribution in [2.75, 3.05) is 18.4 Å². The lowest BCUT2D eigenvalue weighted by atomic mass is 9.96.